The van der Waals surface area contributed by atoms with Gasteiger partial charge < -0.3 is 10.6 Å². The monoisotopic (exact) mass is 576 g/mol. The largest absolute Gasteiger partial charge is 0.384 e. The molecular weight excluding hydrogens is 545 g/mol. The molecule has 2 aliphatic carbocycles. The second-order valence-electron chi connectivity index (χ2n) is 10.6. The Kier molecular flexibility index (Phi) is 7.61. The molecule has 6 rings (SSSR count). The first kappa shape index (κ1) is 26.3. The van der Waals surface area contributed by atoms with E-state index < -0.39 is 5.92 Å². The normalized spacial score (nSPS) is 21.2. The van der Waals surface area contributed by atoms with Crippen LogP contribution in [0, 0.1) is 11.3 Å². The van der Waals surface area contributed by atoms with Gasteiger partial charge in [-0.3, -0.25) is 14.2 Å². The lowest BCUT2D eigenvalue weighted by Crippen LogP contribution is -2.51. The van der Waals surface area contributed by atoms with Crippen LogP contribution < -0.4 is 20.5 Å². The van der Waals surface area contributed by atoms with Crippen LogP contribution >= 0.6 is 34.0 Å². The second-order valence-corrected chi connectivity index (χ2v) is 13.6. The van der Waals surface area contributed by atoms with Crippen LogP contribution in [0.15, 0.2) is 45.4 Å². The molecule has 3 aromatic rings. The third-order valence-electron chi connectivity index (χ3n) is 8.31. The Bertz CT molecular complexity index is 1570. The van der Waals surface area contributed by atoms with Crippen molar-refractivity contribution >= 4 is 57.4 Å². The summed E-state index contributed by atoms with van der Waals surface area (Å²) in [6, 6.07) is 10.5. The molecule has 0 spiro atoms. The van der Waals surface area contributed by atoms with Crippen LogP contribution in [-0.2, 0) is 4.79 Å². The van der Waals surface area contributed by atoms with E-state index in [2.05, 4.69) is 11.0 Å². The number of thiophene rings is 2. The van der Waals surface area contributed by atoms with Gasteiger partial charge >= 0.3 is 0 Å². The number of thiazole rings is 1. The first-order chi connectivity index (χ1) is 19.1. The molecule has 3 aromatic heterocycles. The van der Waals surface area contributed by atoms with Gasteiger partial charge in [-0.05, 0) is 54.7 Å². The van der Waals surface area contributed by atoms with Gasteiger partial charge in [-0.1, -0.05) is 50.7 Å². The van der Waals surface area contributed by atoms with E-state index in [0.29, 0.717) is 14.8 Å². The number of rotatable bonds is 5. The zero-order chi connectivity index (χ0) is 26.9. The molecule has 1 unspecified atom stereocenters. The number of carbonyl (C=O) groups excluding carboxylic acids is 1. The zero-order valence-electron chi connectivity index (χ0n) is 21.8. The number of nitriles is 1. The van der Waals surface area contributed by atoms with E-state index >= 15 is 0 Å². The molecule has 39 heavy (non-hydrogen) atoms. The maximum atomic E-state index is 15.0. The van der Waals surface area contributed by atoms with Crippen LogP contribution in [0.1, 0.15) is 79.9 Å². The van der Waals surface area contributed by atoms with Crippen molar-refractivity contribution in [2.75, 3.05) is 0 Å². The third-order valence-corrected chi connectivity index (χ3v) is 11.2. The molecule has 1 atom stereocenters. The minimum atomic E-state index is -0.579. The summed E-state index contributed by atoms with van der Waals surface area (Å²) in [5, 5.41) is 14.3. The molecule has 4 heterocycles. The fourth-order valence-corrected chi connectivity index (χ4v) is 9.22. The molecule has 2 fully saturated rings. The molecule has 9 heteroatoms. The maximum Gasteiger partial charge on any atom is 0.274 e. The SMILES string of the molecule is N#CC1=C(N)n2c(s/c(=C/c3cccs3)c2=O)=C(C(=O)N(C2CCCCC2)C2CCCCC2)C1c1cccs1. The highest BCUT2D eigenvalue weighted by atomic mass is 32.1. The summed E-state index contributed by atoms with van der Waals surface area (Å²) in [5.41, 5.74) is 7.13. The third kappa shape index (κ3) is 4.83. The van der Waals surface area contributed by atoms with Gasteiger partial charge in [-0.25, -0.2) is 0 Å². The van der Waals surface area contributed by atoms with Gasteiger partial charge in [0.2, 0.25) is 0 Å². The molecule has 1 amide bonds. The summed E-state index contributed by atoms with van der Waals surface area (Å²) in [6.07, 6.45) is 12.8. The predicted octanol–water partition coefficient (Wildman–Crippen LogP) is 4.95. The lowest BCUT2D eigenvalue weighted by Gasteiger charge is -2.43. The highest BCUT2D eigenvalue weighted by Crippen LogP contribution is 2.41. The fourth-order valence-electron chi connectivity index (χ4n) is 6.48. The number of nitrogens with two attached hydrogens (primary N) is 1. The van der Waals surface area contributed by atoms with E-state index in [1.165, 1.54) is 40.1 Å². The smallest absolute Gasteiger partial charge is 0.274 e. The molecule has 202 valence electrons. The number of amides is 1. The molecular formula is C30H32N4O2S3. The van der Waals surface area contributed by atoms with Crippen molar-refractivity contribution in [1.29, 1.82) is 5.26 Å². The Morgan fingerprint density at radius 3 is 2.21 bits per heavy atom. The van der Waals surface area contributed by atoms with E-state index in [4.69, 9.17) is 5.73 Å². The highest BCUT2D eigenvalue weighted by molar-refractivity contribution is 7.11. The van der Waals surface area contributed by atoms with Crippen molar-refractivity contribution in [3.8, 4) is 6.07 Å². The van der Waals surface area contributed by atoms with Crippen LogP contribution in [0.3, 0.4) is 0 Å². The van der Waals surface area contributed by atoms with Crippen LogP contribution in [0.25, 0.3) is 17.5 Å². The van der Waals surface area contributed by atoms with Gasteiger partial charge in [0.15, 0.2) is 0 Å². The molecule has 0 saturated heterocycles. The average molecular weight is 577 g/mol. The molecule has 0 bridgehead atoms. The Morgan fingerprint density at radius 1 is 1.00 bits per heavy atom. The standard InChI is InChI=1S/C30H32N4O2S3/c31-18-22-25(23-14-8-16-38-23)26(29(36)33(19-9-3-1-4-10-19)20-11-5-2-6-12-20)30-34(27(22)32)28(35)24(39-30)17-21-13-7-15-37-21/h7-8,13-17,19-20,25H,1-6,9-12,32H2/b24-17+. The predicted molar refractivity (Wildman–Crippen MR) is 160 cm³/mol. The Balaban J connectivity index is 1.61. The molecule has 6 nitrogen and oxygen atoms in total. The van der Waals surface area contributed by atoms with Crippen molar-refractivity contribution < 1.29 is 4.79 Å². The van der Waals surface area contributed by atoms with Crippen LogP contribution in [0.2, 0.25) is 0 Å². The van der Waals surface area contributed by atoms with E-state index in [-0.39, 0.29) is 34.9 Å². The van der Waals surface area contributed by atoms with Gasteiger partial charge in [0.25, 0.3) is 11.5 Å². The molecule has 3 aliphatic rings. The zero-order valence-corrected chi connectivity index (χ0v) is 24.3. The minimum Gasteiger partial charge on any atom is -0.384 e. The minimum absolute atomic E-state index is 0.0230. The molecule has 1 aliphatic heterocycles. The lowest BCUT2D eigenvalue weighted by atomic mass is 9.84. The fraction of sp³-hybridized carbons (Fsp3) is 0.433. The van der Waals surface area contributed by atoms with Crippen LogP contribution in [0.4, 0.5) is 0 Å². The molecule has 0 aromatic carbocycles. The number of allylic oxidation sites excluding steroid dienone is 1. The van der Waals surface area contributed by atoms with Crippen molar-refractivity contribution in [3.05, 3.63) is 69.9 Å². The second kappa shape index (κ2) is 11.3. The Labute approximate surface area is 240 Å². The van der Waals surface area contributed by atoms with Crippen molar-refractivity contribution in [2.45, 2.75) is 82.2 Å². The summed E-state index contributed by atoms with van der Waals surface area (Å²) in [4.78, 5) is 32.8. The molecule has 2 saturated carbocycles. The molecule has 2 N–H and O–H groups in total. The van der Waals surface area contributed by atoms with E-state index in [1.54, 1.807) is 11.3 Å². The summed E-state index contributed by atoms with van der Waals surface area (Å²) >= 11 is 4.40. The number of fused-ring (bicyclic) bond motifs is 1. The number of nitrogens with zero attached hydrogens (tertiary/aromatic N) is 3. The number of carbonyl (C=O) groups is 1. The maximum absolute atomic E-state index is 15.0. The first-order valence-corrected chi connectivity index (χ1v) is 16.4. The Hall–Kier alpha value is -2.93. The van der Waals surface area contributed by atoms with Crippen LogP contribution in [0.5, 0.6) is 0 Å². The summed E-state index contributed by atoms with van der Waals surface area (Å²) in [7, 11) is 0. The topological polar surface area (TPSA) is 92.1 Å². The summed E-state index contributed by atoms with van der Waals surface area (Å²) < 4.78 is 2.52. The quantitative estimate of drug-likeness (QED) is 0.465. The van der Waals surface area contributed by atoms with E-state index in [1.807, 2.05) is 41.1 Å². The lowest BCUT2D eigenvalue weighted by molar-refractivity contribution is -0.131. The first-order valence-electron chi connectivity index (χ1n) is 13.9. The van der Waals surface area contributed by atoms with Crippen molar-refractivity contribution in [1.82, 2.24) is 9.47 Å². The van der Waals surface area contributed by atoms with Gasteiger partial charge in [0, 0.05) is 21.8 Å². The van der Waals surface area contributed by atoms with Gasteiger partial charge in [-0.15, -0.1) is 34.0 Å². The van der Waals surface area contributed by atoms with Gasteiger partial charge in [0.1, 0.15) is 10.5 Å². The molecule has 0 radical (unpaired) electrons. The Morgan fingerprint density at radius 2 is 1.64 bits per heavy atom. The number of hydrogen-bond donors (Lipinski definition) is 1. The van der Waals surface area contributed by atoms with E-state index in [9.17, 15) is 14.9 Å². The average Bonchev–Trinajstić information content (AvgIpc) is 3.73. The van der Waals surface area contributed by atoms with Crippen molar-refractivity contribution in [3.63, 3.8) is 0 Å². The summed E-state index contributed by atoms with van der Waals surface area (Å²) in [5.74, 6) is -0.466. The van der Waals surface area contributed by atoms with Crippen molar-refractivity contribution in [2.24, 2.45) is 5.73 Å². The van der Waals surface area contributed by atoms with Crippen LogP contribution in [-0.4, -0.2) is 27.5 Å². The van der Waals surface area contributed by atoms with Gasteiger partial charge in [0.05, 0.1) is 27.7 Å². The highest BCUT2D eigenvalue weighted by Gasteiger charge is 2.41. The number of aromatic nitrogens is 1. The van der Waals surface area contributed by atoms with Gasteiger partial charge in [-0.2, -0.15) is 5.26 Å². The summed E-state index contributed by atoms with van der Waals surface area (Å²) in [6.45, 7) is 0. The van der Waals surface area contributed by atoms with E-state index in [0.717, 1.165) is 61.1 Å². The number of hydrogen-bond acceptors (Lipinski definition) is 7.